The van der Waals surface area contributed by atoms with Crippen LogP contribution in [0.3, 0.4) is 0 Å². The van der Waals surface area contributed by atoms with Crippen molar-refractivity contribution in [2.75, 3.05) is 34.2 Å². The Morgan fingerprint density at radius 2 is 2.06 bits per heavy atom. The summed E-state index contributed by atoms with van der Waals surface area (Å²) in [7, 11) is 5.85. The molecule has 1 aliphatic heterocycles. The minimum Gasteiger partial charge on any atom is -0.358 e. The molecule has 3 aromatic rings. The predicted octanol–water partition coefficient (Wildman–Crippen LogP) is 2.85. The number of pyridine rings is 1. The monoisotopic (exact) mass is 462 g/mol. The summed E-state index contributed by atoms with van der Waals surface area (Å²) < 4.78 is 16.3. The molecule has 0 spiro atoms. The Morgan fingerprint density at radius 3 is 2.79 bits per heavy atom. The molecule has 1 fully saturated rings. The first-order valence-corrected chi connectivity index (χ1v) is 11.8. The summed E-state index contributed by atoms with van der Waals surface area (Å²) in [6, 6.07) is 10.1. The number of likely N-dealkylation sites (N-methyl/N-ethyl adjacent to an activating group) is 2. The molecule has 0 saturated carbocycles. The molecule has 8 heteroatoms. The normalized spacial score (nSPS) is 22.3. The Morgan fingerprint density at radius 1 is 1.21 bits per heavy atom. The van der Waals surface area contributed by atoms with E-state index >= 15 is 0 Å². The number of nitrogens with zero attached hydrogens (tertiary/aromatic N) is 5. The van der Waals surface area contributed by atoms with E-state index < -0.39 is 0 Å². The number of likely N-dealkylation sites (tertiary alicyclic amines) is 1. The Kier molecular flexibility index (Phi) is 6.18. The van der Waals surface area contributed by atoms with E-state index in [0.29, 0.717) is 12.0 Å². The number of hydrogen-bond acceptors (Lipinski definition) is 5. The van der Waals surface area contributed by atoms with Crippen molar-refractivity contribution < 1.29 is 9.18 Å². The fraction of sp³-hybridized carbons (Fsp3) is 0.423. The molecule has 3 heterocycles. The van der Waals surface area contributed by atoms with Gasteiger partial charge in [0.2, 0.25) is 5.91 Å². The molecule has 0 radical (unpaired) electrons. The summed E-state index contributed by atoms with van der Waals surface area (Å²) in [5.41, 5.74) is 4.94. The van der Waals surface area contributed by atoms with Crippen molar-refractivity contribution in [3.63, 3.8) is 0 Å². The van der Waals surface area contributed by atoms with E-state index in [-0.39, 0.29) is 24.3 Å². The third-order valence-corrected chi connectivity index (χ3v) is 7.31. The zero-order valence-electron chi connectivity index (χ0n) is 19.9. The van der Waals surface area contributed by atoms with Crippen molar-refractivity contribution in [3.05, 3.63) is 71.4 Å². The minimum absolute atomic E-state index is 0.0761. The second kappa shape index (κ2) is 9.27. The van der Waals surface area contributed by atoms with E-state index in [0.717, 1.165) is 48.3 Å². The fourth-order valence-electron chi connectivity index (χ4n) is 5.50. The van der Waals surface area contributed by atoms with E-state index in [9.17, 15) is 9.18 Å². The summed E-state index contributed by atoms with van der Waals surface area (Å²) in [6.07, 6.45) is 7.44. The molecule has 2 aromatic heterocycles. The van der Waals surface area contributed by atoms with Crippen LogP contribution in [0, 0.1) is 5.82 Å². The maximum Gasteiger partial charge on any atom is 0.241 e. The molecule has 1 unspecified atom stereocenters. The highest BCUT2D eigenvalue weighted by molar-refractivity contribution is 5.75. The number of carbonyl (C=O) groups excluding carboxylic acids is 1. The molecule has 178 valence electrons. The van der Waals surface area contributed by atoms with Crippen molar-refractivity contribution in [1.29, 1.82) is 0 Å². The van der Waals surface area contributed by atoms with E-state index in [1.165, 1.54) is 5.56 Å². The van der Waals surface area contributed by atoms with Crippen LogP contribution in [0.5, 0.6) is 0 Å². The molecule has 1 aliphatic carbocycles. The van der Waals surface area contributed by atoms with Crippen LogP contribution in [-0.2, 0) is 17.8 Å². The van der Waals surface area contributed by atoms with E-state index in [2.05, 4.69) is 46.4 Å². The van der Waals surface area contributed by atoms with Crippen LogP contribution in [0.15, 0.2) is 48.9 Å². The van der Waals surface area contributed by atoms with Gasteiger partial charge in [0.05, 0.1) is 11.9 Å². The van der Waals surface area contributed by atoms with Gasteiger partial charge in [-0.15, -0.1) is 0 Å². The number of benzene rings is 1. The number of halogens is 1. The lowest BCUT2D eigenvalue weighted by Gasteiger charge is -2.26. The van der Waals surface area contributed by atoms with Crippen LogP contribution in [0.25, 0.3) is 11.3 Å². The van der Waals surface area contributed by atoms with Gasteiger partial charge < -0.3 is 10.2 Å². The molecule has 1 saturated heterocycles. The van der Waals surface area contributed by atoms with Gasteiger partial charge in [-0.1, -0.05) is 18.2 Å². The third-order valence-electron chi connectivity index (χ3n) is 7.31. The van der Waals surface area contributed by atoms with Gasteiger partial charge in [0.25, 0.3) is 0 Å². The maximum absolute atomic E-state index is 14.7. The summed E-state index contributed by atoms with van der Waals surface area (Å²) in [5, 5.41) is 6.87. The summed E-state index contributed by atoms with van der Waals surface area (Å²) in [6.45, 7) is 1.97. The standard InChI is InChI=1S/C26H31FN6O/c1-28-25(34)16-33-13-19(12-30-33)22-9-7-18(11-29-22)20-14-32(15-24(20)31(2)3)23-10-8-17-5-4-6-21(27)26(17)23/h4-7,9,11-13,20,23-24H,8,10,14-16H2,1-3H3,(H,28,34)/t20-,23?,24+/m0/s1. The lowest BCUT2D eigenvalue weighted by molar-refractivity contribution is -0.121. The summed E-state index contributed by atoms with van der Waals surface area (Å²) >= 11 is 0. The van der Waals surface area contributed by atoms with Crippen molar-refractivity contribution in [1.82, 2.24) is 29.9 Å². The largest absolute Gasteiger partial charge is 0.358 e. The van der Waals surface area contributed by atoms with Crippen LogP contribution in [0.2, 0.25) is 0 Å². The van der Waals surface area contributed by atoms with Gasteiger partial charge >= 0.3 is 0 Å². The number of amides is 1. The molecule has 1 aromatic carbocycles. The number of fused-ring (bicyclic) bond motifs is 1. The lowest BCUT2D eigenvalue weighted by atomic mass is 9.94. The van der Waals surface area contributed by atoms with E-state index in [1.54, 1.807) is 24.0 Å². The maximum atomic E-state index is 14.7. The van der Waals surface area contributed by atoms with E-state index in [1.807, 2.05) is 24.5 Å². The number of carbonyl (C=O) groups is 1. The number of aryl methyl sites for hydroxylation is 1. The van der Waals surface area contributed by atoms with Gasteiger partial charge in [0.1, 0.15) is 12.4 Å². The van der Waals surface area contributed by atoms with Gasteiger partial charge in [-0.05, 0) is 50.2 Å². The number of hydrogen-bond donors (Lipinski definition) is 1. The fourth-order valence-corrected chi connectivity index (χ4v) is 5.50. The molecule has 7 nitrogen and oxygen atoms in total. The highest BCUT2D eigenvalue weighted by atomic mass is 19.1. The number of nitrogens with one attached hydrogen (secondary N) is 1. The predicted molar refractivity (Wildman–Crippen MR) is 129 cm³/mol. The van der Waals surface area contributed by atoms with Crippen molar-refractivity contribution >= 4 is 5.91 Å². The van der Waals surface area contributed by atoms with Gasteiger partial charge in [-0.25, -0.2) is 4.39 Å². The second-order valence-electron chi connectivity index (χ2n) is 9.54. The molecule has 2 aliphatic rings. The van der Waals surface area contributed by atoms with Crippen LogP contribution in [0.1, 0.15) is 35.1 Å². The van der Waals surface area contributed by atoms with Crippen molar-refractivity contribution in [3.8, 4) is 11.3 Å². The summed E-state index contributed by atoms with van der Waals surface area (Å²) in [4.78, 5) is 21.1. The van der Waals surface area contributed by atoms with Gasteiger partial charge in [-0.2, -0.15) is 5.10 Å². The molecule has 0 bridgehead atoms. The van der Waals surface area contributed by atoms with Gasteiger partial charge in [0.15, 0.2) is 0 Å². The highest BCUT2D eigenvalue weighted by Gasteiger charge is 2.41. The minimum atomic E-state index is -0.0942. The molecule has 3 atom stereocenters. The van der Waals surface area contributed by atoms with Gasteiger partial charge in [-0.3, -0.25) is 19.4 Å². The van der Waals surface area contributed by atoms with Crippen LogP contribution < -0.4 is 5.32 Å². The van der Waals surface area contributed by atoms with Crippen LogP contribution in [0.4, 0.5) is 4.39 Å². The van der Waals surface area contributed by atoms with Crippen molar-refractivity contribution in [2.45, 2.75) is 37.4 Å². The first kappa shape index (κ1) is 22.7. The Hall–Kier alpha value is -3.10. The lowest BCUT2D eigenvalue weighted by Crippen LogP contribution is -2.35. The Bertz CT molecular complexity index is 1170. The number of aromatic nitrogens is 3. The average molecular weight is 463 g/mol. The molecular formula is C26H31FN6O. The van der Waals surface area contributed by atoms with Crippen molar-refractivity contribution in [2.24, 2.45) is 0 Å². The topological polar surface area (TPSA) is 66.3 Å². The average Bonchev–Trinajstić information content (AvgIpc) is 3.57. The molecular weight excluding hydrogens is 431 g/mol. The zero-order chi connectivity index (χ0) is 23.8. The first-order valence-electron chi connectivity index (χ1n) is 11.8. The Labute approximate surface area is 199 Å². The quantitative estimate of drug-likeness (QED) is 0.610. The summed E-state index contributed by atoms with van der Waals surface area (Å²) in [5.74, 6) is 0.124. The first-order chi connectivity index (χ1) is 16.4. The van der Waals surface area contributed by atoms with E-state index in [4.69, 9.17) is 4.98 Å². The SMILES string of the molecule is CNC(=O)Cn1cc(-c2ccc([C@@H]3CN(C4CCc5cccc(F)c54)C[C@H]3N(C)C)cn2)cn1. The second-order valence-corrected chi connectivity index (χ2v) is 9.54. The smallest absolute Gasteiger partial charge is 0.241 e. The van der Waals surface area contributed by atoms with Crippen LogP contribution in [-0.4, -0.2) is 70.7 Å². The highest BCUT2D eigenvalue weighted by Crippen LogP contribution is 2.42. The molecule has 5 rings (SSSR count). The number of rotatable bonds is 6. The van der Waals surface area contributed by atoms with Gasteiger partial charge in [0, 0.05) is 61.7 Å². The zero-order valence-corrected chi connectivity index (χ0v) is 19.9. The molecule has 34 heavy (non-hydrogen) atoms. The molecule has 1 amide bonds. The molecule has 1 N–H and O–H groups in total. The van der Waals surface area contributed by atoms with Crippen LogP contribution >= 0.6 is 0 Å². The third kappa shape index (κ3) is 4.23. The Balaban J connectivity index is 1.35.